The number of amides is 1. The molecule has 2 aromatic rings. The first kappa shape index (κ1) is 32.0. The highest BCUT2D eigenvalue weighted by atomic mass is 79.9. The van der Waals surface area contributed by atoms with Crippen LogP contribution in [0.4, 0.5) is 5.69 Å². The van der Waals surface area contributed by atoms with E-state index in [-0.39, 0.29) is 57.9 Å². The average molecular weight is 655 g/mol. The van der Waals surface area contributed by atoms with Crippen LogP contribution in [0.25, 0.3) is 5.57 Å². The monoisotopic (exact) mass is 653 g/mol. The summed E-state index contributed by atoms with van der Waals surface area (Å²) in [5.41, 5.74) is 8.62. The molecule has 0 saturated carbocycles. The van der Waals surface area contributed by atoms with Crippen LogP contribution in [0.2, 0.25) is 0 Å². The highest BCUT2D eigenvalue weighted by Gasteiger charge is 2.36. The number of halogens is 2. The number of nitrogens with two attached hydrogens (primary N) is 2. The number of benzene rings is 1. The van der Waals surface area contributed by atoms with Crippen molar-refractivity contribution in [1.29, 1.82) is 5.26 Å². The van der Waals surface area contributed by atoms with Crippen LogP contribution in [0.5, 0.6) is 0 Å². The van der Waals surface area contributed by atoms with Gasteiger partial charge in [-0.3, -0.25) is 20.2 Å². The van der Waals surface area contributed by atoms with Crippen molar-refractivity contribution in [1.82, 2.24) is 0 Å². The molecule has 0 spiro atoms. The van der Waals surface area contributed by atoms with Crippen molar-refractivity contribution in [2.24, 2.45) is 5.73 Å². The van der Waals surface area contributed by atoms with Gasteiger partial charge in [0.05, 0.1) is 23.2 Å². The molecule has 2 heterocycles. The molecule has 1 unspecified atom stereocenters. The van der Waals surface area contributed by atoms with Crippen molar-refractivity contribution < 1.29 is 63.1 Å². The Hall–Kier alpha value is -3.05. The summed E-state index contributed by atoms with van der Waals surface area (Å²) in [5, 5.41) is 24.0. The largest absolute Gasteiger partial charge is 1.00 e. The van der Waals surface area contributed by atoms with Gasteiger partial charge < -0.3 is 44.4 Å². The molecule has 13 heteroatoms. The minimum absolute atomic E-state index is 0. The molecule has 3 rings (SSSR count). The fraction of sp³-hybridized carbons (Fsp3) is 0.250. The van der Waals surface area contributed by atoms with Gasteiger partial charge in [0, 0.05) is 36.8 Å². The normalized spacial score (nSPS) is 14.7. The van der Waals surface area contributed by atoms with Gasteiger partial charge in [-0.1, -0.05) is 23.9 Å². The zero-order chi connectivity index (χ0) is 25.5. The molecule has 0 bridgehead atoms. The van der Waals surface area contributed by atoms with E-state index in [1.54, 1.807) is 36.0 Å². The smallest absolute Gasteiger partial charge is 0.372 e. The van der Waals surface area contributed by atoms with E-state index in [2.05, 4.69) is 6.07 Å². The van der Waals surface area contributed by atoms with Crippen LogP contribution in [-0.2, 0) is 20.9 Å². The van der Waals surface area contributed by atoms with E-state index in [1.807, 2.05) is 24.4 Å². The summed E-state index contributed by atoms with van der Waals surface area (Å²) >= 11 is 1.17. The van der Waals surface area contributed by atoms with Gasteiger partial charge in [-0.05, 0) is 18.1 Å². The maximum absolute atomic E-state index is 11.8. The van der Waals surface area contributed by atoms with Crippen LogP contribution in [0, 0.1) is 21.4 Å². The SMILES string of the molecule is CCOC(=O)C[n+]1ccc(C2=C(C)[NH2+]C(SCC(N)=O)=C(C#N)C2c2cccc([N+](=O)[O-])c2)cc1.[Br-].[Br-]. The topological polar surface area (TPSA) is 157 Å². The number of esters is 1. The van der Waals surface area contributed by atoms with Gasteiger partial charge in [0.1, 0.15) is 17.3 Å². The number of rotatable bonds is 9. The molecule has 1 aromatic carbocycles. The molecule has 0 saturated heterocycles. The summed E-state index contributed by atoms with van der Waals surface area (Å²) in [6, 6.07) is 12.1. The molecule has 0 radical (unpaired) electrons. The van der Waals surface area contributed by atoms with Crippen LogP contribution in [0.1, 0.15) is 30.9 Å². The van der Waals surface area contributed by atoms with Crippen LogP contribution in [-0.4, -0.2) is 29.2 Å². The first-order chi connectivity index (χ1) is 16.7. The summed E-state index contributed by atoms with van der Waals surface area (Å²) in [6.45, 7) is 3.98. The lowest BCUT2D eigenvalue weighted by Gasteiger charge is -2.26. The molecular formula is C24H25Br2N5O5S. The van der Waals surface area contributed by atoms with Crippen molar-refractivity contribution in [3.63, 3.8) is 0 Å². The molecule has 10 nitrogen and oxygen atoms in total. The third-order valence-electron chi connectivity index (χ3n) is 5.34. The van der Waals surface area contributed by atoms with Crippen LogP contribution in [0.15, 0.2) is 65.1 Å². The summed E-state index contributed by atoms with van der Waals surface area (Å²) in [7, 11) is 0. The van der Waals surface area contributed by atoms with Gasteiger partial charge in [0.15, 0.2) is 17.4 Å². The molecule has 4 N–H and O–H groups in total. The van der Waals surface area contributed by atoms with Gasteiger partial charge in [0.25, 0.3) is 5.69 Å². The fourth-order valence-corrected chi connectivity index (χ4v) is 4.77. The van der Waals surface area contributed by atoms with E-state index in [1.165, 1.54) is 23.9 Å². The predicted octanol–water partition coefficient (Wildman–Crippen LogP) is -4.50. The molecule has 1 atom stereocenters. The minimum Gasteiger partial charge on any atom is -1.00 e. The molecular weight excluding hydrogens is 630 g/mol. The zero-order valence-electron chi connectivity index (χ0n) is 20.0. The van der Waals surface area contributed by atoms with Gasteiger partial charge in [0.2, 0.25) is 12.5 Å². The number of aromatic nitrogens is 1. The standard InChI is InChI=1S/C24H23N5O5S.2BrH/c1-3-34-21(31)13-28-9-7-16(8-10-28)22-15(2)27-24(35-14-20(26)30)19(12-25)23(22)17-5-4-6-18(11-17)29(32)33;;/h4-11,23H,3,13-14H2,1-2H3,(H2,26,30);2*1H. The lowest BCUT2D eigenvalue weighted by Crippen LogP contribution is -3.00. The van der Waals surface area contributed by atoms with Crippen molar-refractivity contribution in [2.75, 3.05) is 12.4 Å². The van der Waals surface area contributed by atoms with Crippen molar-refractivity contribution in [2.45, 2.75) is 26.3 Å². The lowest BCUT2D eigenvalue weighted by atomic mass is 9.79. The number of allylic oxidation sites excluding steroid dienone is 3. The second-order valence-corrected chi connectivity index (χ2v) is 8.75. The second kappa shape index (κ2) is 14.6. The van der Waals surface area contributed by atoms with Gasteiger partial charge in [-0.2, -0.15) is 9.83 Å². The number of thioether (sulfide) groups is 1. The maximum atomic E-state index is 11.8. The number of carbonyl (C=O) groups excluding carboxylic acids is 2. The first-order valence-corrected chi connectivity index (χ1v) is 11.7. The molecule has 37 heavy (non-hydrogen) atoms. The van der Waals surface area contributed by atoms with Crippen molar-refractivity contribution in [3.8, 4) is 6.07 Å². The predicted molar refractivity (Wildman–Crippen MR) is 128 cm³/mol. The third kappa shape index (κ3) is 7.96. The van der Waals surface area contributed by atoms with Crippen LogP contribution >= 0.6 is 11.8 Å². The Bertz CT molecular complexity index is 1280. The van der Waals surface area contributed by atoms with E-state index in [0.29, 0.717) is 22.8 Å². The van der Waals surface area contributed by atoms with Crippen molar-refractivity contribution >= 4 is 34.9 Å². The minimum atomic E-state index is -0.596. The highest BCUT2D eigenvalue weighted by Crippen LogP contribution is 2.43. The number of nitrogens with zero attached hydrogens (tertiary/aromatic N) is 3. The molecule has 196 valence electrons. The quantitative estimate of drug-likeness (QED) is 0.119. The molecule has 0 fully saturated rings. The maximum Gasteiger partial charge on any atom is 0.372 e. The Labute approximate surface area is 239 Å². The zero-order valence-corrected chi connectivity index (χ0v) is 24.0. The van der Waals surface area contributed by atoms with E-state index in [9.17, 15) is 25.0 Å². The number of hydrogen-bond acceptors (Lipinski definition) is 7. The number of primary amides is 1. The Morgan fingerprint density at radius 2 is 1.95 bits per heavy atom. The van der Waals surface area contributed by atoms with E-state index in [0.717, 1.165) is 16.8 Å². The summed E-state index contributed by atoms with van der Waals surface area (Å²) in [4.78, 5) is 34.2. The Morgan fingerprint density at radius 1 is 1.27 bits per heavy atom. The van der Waals surface area contributed by atoms with Crippen molar-refractivity contribution in [3.05, 3.63) is 86.3 Å². The number of carbonyl (C=O) groups is 2. The number of nitro groups is 1. The molecule has 0 aliphatic carbocycles. The number of nitro benzene ring substituents is 1. The number of quaternary nitrogens is 1. The number of nitriles is 1. The van der Waals surface area contributed by atoms with Crippen LogP contribution in [0.3, 0.4) is 0 Å². The number of pyridine rings is 1. The fourth-order valence-electron chi connectivity index (χ4n) is 3.90. The molecule has 1 aliphatic heterocycles. The summed E-state index contributed by atoms with van der Waals surface area (Å²) in [5.74, 6) is -1.46. The van der Waals surface area contributed by atoms with Gasteiger partial charge in [-0.25, -0.2) is 4.79 Å². The second-order valence-electron chi connectivity index (χ2n) is 7.74. The summed E-state index contributed by atoms with van der Waals surface area (Å²) in [6.07, 6.45) is 3.48. The third-order valence-corrected chi connectivity index (χ3v) is 6.42. The number of non-ortho nitro benzene ring substituents is 1. The number of ether oxygens (including phenoxy) is 1. The number of hydrogen-bond donors (Lipinski definition) is 2. The van der Waals surface area contributed by atoms with E-state index >= 15 is 0 Å². The highest BCUT2D eigenvalue weighted by molar-refractivity contribution is 8.03. The lowest BCUT2D eigenvalue weighted by molar-refractivity contribution is -0.686. The van der Waals surface area contributed by atoms with E-state index in [4.69, 9.17) is 10.5 Å². The van der Waals surface area contributed by atoms with Gasteiger partial charge >= 0.3 is 5.97 Å². The van der Waals surface area contributed by atoms with Crippen LogP contribution < -0.4 is 49.6 Å². The Morgan fingerprint density at radius 3 is 2.51 bits per heavy atom. The Kier molecular flexibility index (Phi) is 12.6. The average Bonchev–Trinajstić information content (AvgIpc) is 2.83. The van der Waals surface area contributed by atoms with E-state index < -0.39 is 16.7 Å². The molecule has 1 aromatic heterocycles. The molecule has 1 aliphatic rings. The van der Waals surface area contributed by atoms with Gasteiger partial charge in [-0.15, -0.1) is 0 Å². The Balaban J connectivity index is 0.00000342. The first-order valence-electron chi connectivity index (χ1n) is 10.8. The molecule has 1 amide bonds. The summed E-state index contributed by atoms with van der Waals surface area (Å²) < 4.78 is 6.67.